The number of anilines is 1. The monoisotopic (exact) mass is 481 g/mol. The van der Waals surface area contributed by atoms with Gasteiger partial charge in [0.25, 0.3) is 0 Å². The van der Waals surface area contributed by atoms with Crippen molar-refractivity contribution in [3.63, 3.8) is 0 Å². The predicted molar refractivity (Wildman–Crippen MR) is 133 cm³/mol. The van der Waals surface area contributed by atoms with Crippen LogP contribution in [0.1, 0.15) is 12.0 Å². The molecule has 1 aliphatic heterocycles. The number of rotatable bonds is 3. The molecule has 35 heavy (non-hydrogen) atoms. The van der Waals surface area contributed by atoms with Crippen LogP contribution >= 0.6 is 11.6 Å². The highest BCUT2D eigenvalue weighted by Gasteiger charge is 2.18. The Morgan fingerprint density at radius 1 is 0.886 bits per heavy atom. The van der Waals surface area contributed by atoms with Crippen LogP contribution in [0.4, 0.5) is 10.2 Å². The zero-order valence-corrected chi connectivity index (χ0v) is 19.1. The summed E-state index contributed by atoms with van der Waals surface area (Å²) in [6.45, 7) is 0. The van der Waals surface area contributed by atoms with Crippen molar-refractivity contribution < 1.29 is 9.18 Å². The van der Waals surface area contributed by atoms with Crippen LogP contribution < -0.4 is 5.32 Å². The fourth-order valence-electron chi connectivity index (χ4n) is 4.29. The standard InChI is InChI=1S/C27H17ClFN5O/c28-19-4-5-23(29)22(10-19)24-11-21(20-2-1-7-31-27(20)33-24)18-9-16(12-30-13-18)17-8-15-3-6-25(35)34-26(15)32-14-17/h1-2,4-5,7-14H,3,6H2,(H,32,34,35). The molecule has 1 aromatic carbocycles. The summed E-state index contributed by atoms with van der Waals surface area (Å²) in [5.74, 6) is 0.169. The van der Waals surface area contributed by atoms with E-state index in [1.807, 2.05) is 30.3 Å². The molecule has 1 N–H and O–H groups in total. The average molecular weight is 482 g/mol. The number of amides is 1. The van der Waals surface area contributed by atoms with Gasteiger partial charge in [0, 0.05) is 63.9 Å². The Bertz CT molecular complexity index is 1640. The number of fused-ring (bicyclic) bond motifs is 2. The van der Waals surface area contributed by atoms with E-state index in [4.69, 9.17) is 11.6 Å². The van der Waals surface area contributed by atoms with E-state index < -0.39 is 5.82 Å². The molecule has 4 aromatic heterocycles. The summed E-state index contributed by atoms with van der Waals surface area (Å²) in [5.41, 5.74) is 5.65. The fourth-order valence-corrected chi connectivity index (χ4v) is 4.46. The van der Waals surface area contributed by atoms with Gasteiger partial charge in [0.1, 0.15) is 11.6 Å². The molecule has 0 saturated carbocycles. The molecule has 0 aliphatic carbocycles. The number of carbonyl (C=O) groups excluding carboxylic acids is 1. The van der Waals surface area contributed by atoms with E-state index in [1.54, 1.807) is 30.9 Å². The van der Waals surface area contributed by atoms with Gasteiger partial charge in [-0.2, -0.15) is 0 Å². The number of aromatic nitrogens is 4. The summed E-state index contributed by atoms with van der Waals surface area (Å²) >= 11 is 6.14. The van der Waals surface area contributed by atoms with Gasteiger partial charge in [-0.3, -0.25) is 9.78 Å². The number of hydrogen-bond acceptors (Lipinski definition) is 5. The molecule has 1 amide bonds. The average Bonchev–Trinajstić information content (AvgIpc) is 2.89. The summed E-state index contributed by atoms with van der Waals surface area (Å²) in [7, 11) is 0. The number of nitrogens with zero attached hydrogens (tertiary/aromatic N) is 4. The number of hydrogen-bond donors (Lipinski definition) is 1. The lowest BCUT2D eigenvalue weighted by Crippen LogP contribution is -2.20. The van der Waals surface area contributed by atoms with Crippen LogP contribution in [0.25, 0.3) is 44.5 Å². The molecule has 0 spiro atoms. The number of nitrogens with one attached hydrogen (secondary N) is 1. The van der Waals surface area contributed by atoms with Crippen LogP contribution in [-0.2, 0) is 11.2 Å². The van der Waals surface area contributed by atoms with Crippen molar-refractivity contribution in [3.05, 3.63) is 89.7 Å². The van der Waals surface area contributed by atoms with Gasteiger partial charge in [-0.25, -0.2) is 19.3 Å². The minimum atomic E-state index is -0.415. The van der Waals surface area contributed by atoms with Crippen LogP contribution in [0.5, 0.6) is 0 Å². The Kier molecular flexibility index (Phi) is 5.19. The van der Waals surface area contributed by atoms with Crippen LogP contribution in [0.2, 0.25) is 5.02 Å². The lowest BCUT2D eigenvalue weighted by molar-refractivity contribution is -0.116. The van der Waals surface area contributed by atoms with E-state index in [9.17, 15) is 9.18 Å². The molecular weight excluding hydrogens is 465 g/mol. The van der Waals surface area contributed by atoms with E-state index in [0.717, 1.165) is 33.2 Å². The molecule has 0 saturated heterocycles. The van der Waals surface area contributed by atoms with E-state index in [1.165, 1.54) is 12.1 Å². The summed E-state index contributed by atoms with van der Waals surface area (Å²) < 4.78 is 14.7. The minimum absolute atomic E-state index is 0.0217. The van der Waals surface area contributed by atoms with E-state index in [2.05, 4.69) is 25.3 Å². The van der Waals surface area contributed by atoms with Gasteiger partial charge in [0.2, 0.25) is 5.91 Å². The second-order valence-electron chi connectivity index (χ2n) is 8.30. The first-order valence-electron chi connectivity index (χ1n) is 11.0. The number of benzene rings is 1. The maximum atomic E-state index is 14.7. The van der Waals surface area contributed by atoms with Crippen molar-refractivity contribution in [2.75, 3.05) is 5.32 Å². The highest BCUT2D eigenvalue weighted by atomic mass is 35.5. The highest BCUT2D eigenvalue weighted by molar-refractivity contribution is 6.30. The van der Waals surface area contributed by atoms with Gasteiger partial charge in [-0.1, -0.05) is 11.6 Å². The van der Waals surface area contributed by atoms with Crippen molar-refractivity contribution >= 4 is 34.4 Å². The fraction of sp³-hybridized carbons (Fsp3) is 0.0741. The quantitative estimate of drug-likeness (QED) is 0.337. The molecule has 8 heteroatoms. The summed E-state index contributed by atoms with van der Waals surface area (Å²) in [4.78, 5) is 29.6. The second kappa shape index (κ2) is 8.52. The third-order valence-corrected chi connectivity index (χ3v) is 6.25. The molecule has 0 unspecified atom stereocenters. The van der Waals surface area contributed by atoms with Crippen molar-refractivity contribution in [1.82, 2.24) is 19.9 Å². The lowest BCUT2D eigenvalue weighted by atomic mass is 9.97. The van der Waals surface area contributed by atoms with Crippen LogP contribution in [-0.4, -0.2) is 25.8 Å². The van der Waals surface area contributed by atoms with Gasteiger partial charge >= 0.3 is 0 Å². The third-order valence-electron chi connectivity index (χ3n) is 6.02. The Labute approximate surface area is 204 Å². The third kappa shape index (κ3) is 4.00. The normalized spacial score (nSPS) is 12.9. The van der Waals surface area contributed by atoms with E-state index in [0.29, 0.717) is 40.6 Å². The van der Waals surface area contributed by atoms with Gasteiger partial charge < -0.3 is 5.32 Å². The van der Waals surface area contributed by atoms with E-state index >= 15 is 0 Å². The maximum absolute atomic E-state index is 14.7. The maximum Gasteiger partial charge on any atom is 0.225 e. The number of carbonyl (C=O) groups is 1. The van der Waals surface area contributed by atoms with Crippen molar-refractivity contribution in [3.8, 4) is 33.5 Å². The molecule has 6 nitrogen and oxygen atoms in total. The number of pyridine rings is 4. The lowest BCUT2D eigenvalue weighted by Gasteiger charge is -2.16. The highest BCUT2D eigenvalue weighted by Crippen LogP contribution is 2.35. The van der Waals surface area contributed by atoms with Gasteiger partial charge in [0.05, 0.1) is 5.69 Å². The van der Waals surface area contributed by atoms with Crippen LogP contribution in [0.3, 0.4) is 0 Å². The molecule has 6 rings (SSSR count). The summed E-state index contributed by atoms with van der Waals surface area (Å²) in [5, 5.41) is 4.05. The summed E-state index contributed by atoms with van der Waals surface area (Å²) in [6.07, 6.45) is 8.00. The zero-order valence-electron chi connectivity index (χ0n) is 18.3. The van der Waals surface area contributed by atoms with Crippen LogP contribution in [0.15, 0.2) is 73.3 Å². The zero-order chi connectivity index (χ0) is 23.9. The Morgan fingerprint density at radius 3 is 2.66 bits per heavy atom. The number of aryl methyl sites for hydroxylation is 1. The Balaban J connectivity index is 1.49. The van der Waals surface area contributed by atoms with Crippen molar-refractivity contribution in [2.45, 2.75) is 12.8 Å². The van der Waals surface area contributed by atoms with Gasteiger partial charge in [0.15, 0.2) is 5.65 Å². The molecule has 0 atom stereocenters. The van der Waals surface area contributed by atoms with Crippen LogP contribution in [0, 0.1) is 5.82 Å². The molecule has 170 valence electrons. The topological polar surface area (TPSA) is 80.7 Å². The Hall–Kier alpha value is -4.23. The van der Waals surface area contributed by atoms with Gasteiger partial charge in [-0.05, 0) is 66.1 Å². The molecule has 0 fully saturated rings. The molecule has 5 aromatic rings. The molecular formula is C27H17ClFN5O. The first kappa shape index (κ1) is 21.3. The first-order chi connectivity index (χ1) is 17.0. The second-order valence-corrected chi connectivity index (χ2v) is 8.73. The molecule has 5 heterocycles. The summed E-state index contributed by atoms with van der Waals surface area (Å²) in [6, 6.07) is 14.0. The van der Waals surface area contributed by atoms with Crippen molar-refractivity contribution in [2.24, 2.45) is 0 Å². The van der Waals surface area contributed by atoms with E-state index in [-0.39, 0.29) is 5.91 Å². The first-order valence-corrected chi connectivity index (χ1v) is 11.4. The van der Waals surface area contributed by atoms with Crippen molar-refractivity contribution in [1.29, 1.82) is 0 Å². The smallest absolute Gasteiger partial charge is 0.225 e. The largest absolute Gasteiger partial charge is 0.310 e. The molecule has 1 aliphatic rings. The molecule has 0 radical (unpaired) electrons. The SMILES string of the molecule is O=C1CCc2cc(-c3cncc(-c4cc(-c5cc(Cl)ccc5F)nc5ncccc45)c3)cnc2N1. The van der Waals surface area contributed by atoms with Gasteiger partial charge in [-0.15, -0.1) is 0 Å². The molecule has 0 bridgehead atoms. The predicted octanol–water partition coefficient (Wildman–Crippen LogP) is 6.10. The number of halogens is 2. The minimum Gasteiger partial charge on any atom is -0.310 e. The Morgan fingerprint density at radius 2 is 1.74 bits per heavy atom.